The molecule has 4 heteroatoms. The Hall–Kier alpha value is -1.68. The van der Waals surface area contributed by atoms with Gasteiger partial charge in [0.2, 0.25) is 0 Å². The molecule has 0 N–H and O–H groups in total. The summed E-state index contributed by atoms with van der Waals surface area (Å²) in [6.07, 6.45) is 1.74. The van der Waals surface area contributed by atoms with Crippen molar-refractivity contribution in [3.63, 3.8) is 0 Å². The van der Waals surface area contributed by atoms with Crippen LogP contribution >= 0.6 is 11.3 Å². The van der Waals surface area contributed by atoms with Crippen LogP contribution in [0.5, 0.6) is 0 Å². The molecule has 2 rings (SSSR count). The molecular weight excluding hydrogens is 210 g/mol. The molecule has 0 radical (unpaired) electrons. The molecule has 0 saturated heterocycles. The number of benzene rings is 1. The van der Waals surface area contributed by atoms with Gasteiger partial charge < -0.3 is 4.74 Å². The predicted octanol–water partition coefficient (Wildman–Crippen LogP) is 2.60. The van der Waals surface area contributed by atoms with E-state index in [-0.39, 0.29) is 5.97 Å². The Balaban J connectivity index is 2.39. The summed E-state index contributed by atoms with van der Waals surface area (Å²) in [6, 6.07) is 7.25. The fourth-order valence-electron chi connectivity index (χ4n) is 1.26. The molecule has 76 valence electrons. The summed E-state index contributed by atoms with van der Waals surface area (Å²) < 4.78 is 4.65. The fraction of sp³-hybridized carbons (Fsp3) is 0.0909. The molecule has 1 heterocycles. The molecule has 1 aromatic heterocycles. The van der Waals surface area contributed by atoms with Crippen LogP contribution in [0.4, 0.5) is 0 Å². The first-order valence-corrected chi connectivity index (χ1v) is 5.27. The van der Waals surface area contributed by atoms with Gasteiger partial charge in [0.25, 0.3) is 0 Å². The zero-order chi connectivity index (χ0) is 10.7. The lowest BCUT2D eigenvalue weighted by molar-refractivity contribution is 0.0601. The monoisotopic (exact) mass is 219 g/mol. The zero-order valence-electron chi connectivity index (χ0n) is 8.14. The van der Waals surface area contributed by atoms with Crippen molar-refractivity contribution < 1.29 is 9.53 Å². The second-order valence-corrected chi connectivity index (χ2v) is 3.80. The number of methoxy groups -OCH3 is 1. The van der Waals surface area contributed by atoms with E-state index in [1.54, 1.807) is 29.7 Å². The van der Waals surface area contributed by atoms with Gasteiger partial charge in [0.15, 0.2) is 0 Å². The lowest BCUT2D eigenvalue weighted by Gasteiger charge is -2.00. The molecule has 15 heavy (non-hydrogen) atoms. The number of nitrogens with zero attached hydrogens (tertiary/aromatic N) is 1. The normalized spacial score (nSPS) is 9.93. The summed E-state index contributed by atoms with van der Waals surface area (Å²) in [4.78, 5) is 15.5. The van der Waals surface area contributed by atoms with Crippen molar-refractivity contribution in [3.8, 4) is 10.6 Å². The highest BCUT2D eigenvalue weighted by Crippen LogP contribution is 2.22. The summed E-state index contributed by atoms with van der Waals surface area (Å²) in [5.74, 6) is -0.326. The van der Waals surface area contributed by atoms with Crippen LogP contribution in [0.1, 0.15) is 10.4 Å². The van der Waals surface area contributed by atoms with Crippen LogP contribution in [-0.4, -0.2) is 18.1 Å². The maximum Gasteiger partial charge on any atom is 0.337 e. The third-order valence-electron chi connectivity index (χ3n) is 1.96. The van der Waals surface area contributed by atoms with Gasteiger partial charge >= 0.3 is 5.97 Å². The van der Waals surface area contributed by atoms with E-state index >= 15 is 0 Å². The SMILES string of the molecule is COC(=O)c1cccc(-c2nccs2)c1. The minimum atomic E-state index is -0.326. The van der Waals surface area contributed by atoms with Gasteiger partial charge in [0.1, 0.15) is 5.01 Å². The summed E-state index contributed by atoms with van der Waals surface area (Å²) in [6.45, 7) is 0. The fourth-order valence-corrected chi connectivity index (χ4v) is 1.90. The standard InChI is InChI=1S/C11H9NO2S/c1-14-11(13)9-4-2-3-8(7-9)10-12-5-6-15-10/h2-7H,1H3. The van der Waals surface area contributed by atoms with E-state index in [0.29, 0.717) is 5.56 Å². The van der Waals surface area contributed by atoms with Gasteiger partial charge in [0, 0.05) is 17.1 Å². The molecule has 1 aromatic carbocycles. The summed E-state index contributed by atoms with van der Waals surface area (Å²) in [5.41, 5.74) is 1.48. The number of rotatable bonds is 2. The molecule has 0 atom stereocenters. The van der Waals surface area contributed by atoms with Crippen molar-refractivity contribution in [1.29, 1.82) is 0 Å². The Morgan fingerprint density at radius 2 is 2.33 bits per heavy atom. The molecule has 0 aliphatic carbocycles. The number of hydrogen-bond donors (Lipinski definition) is 0. The van der Waals surface area contributed by atoms with Crippen molar-refractivity contribution in [2.75, 3.05) is 7.11 Å². The Morgan fingerprint density at radius 1 is 1.47 bits per heavy atom. The quantitative estimate of drug-likeness (QED) is 0.729. The molecule has 0 fully saturated rings. The second-order valence-electron chi connectivity index (χ2n) is 2.91. The Morgan fingerprint density at radius 3 is 3.00 bits per heavy atom. The number of carbonyl (C=O) groups excluding carboxylic acids is 1. The molecule has 0 aliphatic heterocycles. The van der Waals surface area contributed by atoms with Crippen LogP contribution in [0.15, 0.2) is 35.8 Å². The lowest BCUT2D eigenvalue weighted by Crippen LogP contribution is -2.00. The zero-order valence-corrected chi connectivity index (χ0v) is 8.95. The maximum absolute atomic E-state index is 11.3. The average Bonchev–Trinajstić information content (AvgIpc) is 2.82. The van der Waals surface area contributed by atoms with E-state index in [1.807, 2.05) is 17.5 Å². The number of thiazole rings is 1. The van der Waals surface area contributed by atoms with Gasteiger partial charge in [-0.05, 0) is 12.1 Å². The summed E-state index contributed by atoms with van der Waals surface area (Å²) >= 11 is 1.54. The van der Waals surface area contributed by atoms with Crippen molar-refractivity contribution in [2.45, 2.75) is 0 Å². The minimum Gasteiger partial charge on any atom is -0.465 e. The van der Waals surface area contributed by atoms with E-state index in [9.17, 15) is 4.79 Å². The number of aromatic nitrogens is 1. The third-order valence-corrected chi connectivity index (χ3v) is 2.79. The van der Waals surface area contributed by atoms with Crippen LogP contribution in [-0.2, 0) is 4.74 Å². The molecule has 3 nitrogen and oxygen atoms in total. The molecule has 2 aromatic rings. The van der Waals surface area contributed by atoms with E-state index in [2.05, 4.69) is 9.72 Å². The van der Waals surface area contributed by atoms with Crippen molar-refractivity contribution in [2.24, 2.45) is 0 Å². The molecular formula is C11H9NO2S. The first kappa shape index (κ1) is 9.86. The summed E-state index contributed by atoms with van der Waals surface area (Å²) in [5, 5.41) is 2.81. The highest BCUT2D eigenvalue weighted by molar-refractivity contribution is 7.13. The first-order chi connectivity index (χ1) is 7.31. The molecule has 0 saturated carbocycles. The molecule has 0 aliphatic rings. The third kappa shape index (κ3) is 2.05. The van der Waals surface area contributed by atoms with Crippen molar-refractivity contribution in [3.05, 3.63) is 41.4 Å². The van der Waals surface area contributed by atoms with E-state index in [4.69, 9.17) is 0 Å². The highest BCUT2D eigenvalue weighted by atomic mass is 32.1. The second kappa shape index (κ2) is 4.23. The smallest absolute Gasteiger partial charge is 0.337 e. The molecule has 0 amide bonds. The number of carbonyl (C=O) groups is 1. The van der Waals surface area contributed by atoms with E-state index in [0.717, 1.165) is 10.6 Å². The average molecular weight is 219 g/mol. The Bertz CT molecular complexity index is 465. The molecule has 0 bridgehead atoms. The van der Waals surface area contributed by atoms with Crippen LogP contribution < -0.4 is 0 Å². The Kier molecular flexibility index (Phi) is 2.78. The van der Waals surface area contributed by atoms with Gasteiger partial charge in [0.05, 0.1) is 12.7 Å². The van der Waals surface area contributed by atoms with Gasteiger partial charge in [-0.25, -0.2) is 9.78 Å². The van der Waals surface area contributed by atoms with Gasteiger partial charge in [-0.1, -0.05) is 12.1 Å². The van der Waals surface area contributed by atoms with Crippen LogP contribution in [0.3, 0.4) is 0 Å². The van der Waals surface area contributed by atoms with E-state index < -0.39 is 0 Å². The number of esters is 1. The Labute approximate surface area is 91.4 Å². The number of hydrogen-bond acceptors (Lipinski definition) is 4. The van der Waals surface area contributed by atoms with Crippen LogP contribution in [0, 0.1) is 0 Å². The predicted molar refractivity (Wildman–Crippen MR) is 58.9 cm³/mol. The van der Waals surface area contributed by atoms with E-state index in [1.165, 1.54) is 7.11 Å². The van der Waals surface area contributed by atoms with Crippen LogP contribution in [0.25, 0.3) is 10.6 Å². The van der Waals surface area contributed by atoms with Gasteiger partial charge in [-0.2, -0.15) is 0 Å². The highest BCUT2D eigenvalue weighted by Gasteiger charge is 2.07. The topological polar surface area (TPSA) is 39.2 Å². The van der Waals surface area contributed by atoms with Crippen molar-refractivity contribution in [1.82, 2.24) is 4.98 Å². The summed E-state index contributed by atoms with van der Waals surface area (Å²) in [7, 11) is 1.37. The maximum atomic E-state index is 11.3. The van der Waals surface area contributed by atoms with Crippen LogP contribution in [0.2, 0.25) is 0 Å². The first-order valence-electron chi connectivity index (χ1n) is 4.39. The largest absolute Gasteiger partial charge is 0.465 e. The van der Waals surface area contributed by atoms with Crippen molar-refractivity contribution >= 4 is 17.3 Å². The van der Waals surface area contributed by atoms with Gasteiger partial charge in [-0.15, -0.1) is 11.3 Å². The molecule has 0 unspecified atom stereocenters. The molecule has 0 spiro atoms. The number of ether oxygens (including phenoxy) is 1. The lowest BCUT2D eigenvalue weighted by atomic mass is 10.1. The minimum absolute atomic E-state index is 0.326. The van der Waals surface area contributed by atoms with Gasteiger partial charge in [-0.3, -0.25) is 0 Å².